The molecule has 1 aliphatic heterocycles. The molecule has 248 valence electrons. The first-order valence-electron chi connectivity index (χ1n) is 15.0. The van der Waals surface area contributed by atoms with Gasteiger partial charge in [-0.05, 0) is 81.4 Å². The maximum atomic E-state index is 13.6. The van der Waals surface area contributed by atoms with Gasteiger partial charge in [-0.15, -0.1) is 12.4 Å². The number of non-ortho nitro benzene ring substituents is 1. The van der Waals surface area contributed by atoms with E-state index in [2.05, 4.69) is 24.1 Å². The predicted octanol–water partition coefficient (Wildman–Crippen LogP) is 6.51. The van der Waals surface area contributed by atoms with Crippen molar-refractivity contribution in [1.29, 1.82) is 0 Å². The molecule has 0 aromatic heterocycles. The Balaban J connectivity index is 0.00000368. The third-order valence-electron chi connectivity index (χ3n) is 7.81. The van der Waals surface area contributed by atoms with Crippen molar-refractivity contribution in [2.75, 3.05) is 42.9 Å². The molecule has 0 bridgehead atoms. The number of para-hydroxylation sites is 1. The average molecular weight is 675 g/mol. The van der Waals surface area contributed by atoms with Gasteiger partial charge in [0, 0.05) is 42.2 Å². The van der Waals surface area contributed by atoms with Crippen LogP contribution in [-0.4, -0.2) is 70.6 Å². The molecular formula is C33H41Cl2N5O6. The van der Waals surface area contributed by atoms with Crippen LogP contribution in [0.3, 0.4) is 0 Å². The number of benzene rings is 3. The summed E-state index contributed by atoms with van der Waals surface area (Å²) in [5.41, 5.74) is 2.30. The van der Waals surface area contributed by atoms with Crippen molar-refractivity contribution >= 4 is 64.5 Å². The molecule has 0 saturated carbocycles. The zero-order chi connectivity index (χ0) is 31.6. The number of hydrogen-bond donors (Lipinski definition) is 1. The first-order chi connectivity index (χ1) is 21.2. The molecule has 13 heteroatoms. The highest BCUT2D eigenvalue weighted by molar-refractivity contribution is 6.31. The highest BCUT2D eigenvalue weighted by Crippen LogP contribution is 2.39. The Labute approximate surface area is 280 Å². The minimum absolute atomic E-state index is 0. The Kier molecular flexibility index (Phi) is 15.1. The van der Waals surface area contributed by atoms with Gasteiger partial charge in [0.1, 0.15) is 0 Å². The van der Waals surface area contributed by atoms with Crippen molar-refractivity contribution in [2.45, 2.75) is 46.0 Å². The number of unbranched alkanes of at least 4 members (excludes halogenated alkanes) is 2. The van der Waals surface area contributed by atoms with Crippen LogP contribution in [0.25, 0.3) is 0 Å². The number of fused-ring (bicyclic) bond motifs is 2. The molecular weight excluding hydrogens is 633 g/mol. The first-order valence-corrected chi connectivity index (χ1v) is 15.4. The van der Waals surface area contributed by atoms with E-state index < -0.39 is 4.92 Å². The largest absolute Gasteiger partial charge is 0.412 e. The van der Waals surface area contributed by atoms with Gasteiger partial charge in [0.15, 0.2) is 0 Å². The number of halogens is 2. The van der Waals surface area contributed by atoms with Gasteiger partial charge in [0.25, 0.3) is 17.5 Å². The monoisotopic (exact) mass is 673 g/mol. The Morgan fingerprint density at radius 1 is 0.891 bits per heavy atom. The van der Waals surface area contributed by atoms with Crippen LogP contribution >= 0.6 is 24.0 Å². The molecule has 0 aliphatic carbocycles. The second-order valence-corrected chi connectivity index (χ2v) is 11.1. The van der Waals surface area contributed by atoms with E-state index in [1.165, 1.54) is 24.3 Å². The topological polar surface area (TPSA) is 148 Å². The van der Waals surface area contributed by atoms with E-state index in [0.29, 0.717) is 65.6 Å². The number of nitro benzene ring substituents is 1. The van der Waals surface area contributed by atoms with Crippen LogP contribution in [0.15, 0.2) is 66.7 Å². The number of amides is 3. The second-order valence-electron chi connectivity index (χ2n) is 10.6. The summed E-state index contributed by atoms with van der Waals surface area (Å²) in [5, 5.41) is 14.4. The van der Waals surface area contributed by atoms with Crippen molar-refractivity contribution in [3.05, 3.63) is 93.0 Å². The fourth-order valence-electron chi connectivity index (χ4n) is 5.37. The van der Waals surface area contributed by atoms with Crippen molar-refractivity contribution in [1.82, 2.24) is 9.80 Å². The molecule has 0 radical (unpaired) electrons. The second kappa shape index (κ2) is 18.2. The zero-order valence-electron chi connectivity index (χ0n) is 26.0. The molecule has 3 aromatic carbocycles. The van der Waals surface area contributed by atoms with Crippen molar-refractivity contribution < 1.29 is 24.8 Å². The van der Waals surface area contributed by atoms with Gasteiger partial charge in [-0.1, -0.05) is 44.0 Å². The summed E-state index contributed by atoms with van der Waals surface area (Å²) < 4.78 is 0. The van der Waals surface area contributed by atoms with Gasteiger partial charge >= 0.3 is 0 Å². The smallest absolute Gasteiger partial charge is 0.269 e. The highest BCUT2D eigenvalue weighted by atomic mass is 35.5. The van der Waals surface area contributed by atoms with Gasteiger partial charge in [0.2, 0.25) is 5.91 Å². The van der Waals surface area contributed by atoms with Crippen LogP contribution in [0.4, 0.5) is 22.7 Å². The van der Waals surface area contributed by atoms with Gasteiger partial charge in [-0.2, -0.15) is 0 Å². The molecule has 3 N–H and O–H groups in total. The molecule has 3 amide bonds. The number of nitrogens with zero attached hydrogens (tertiary/aromatic N) is 4. The average Bonchev–Trinajstić information content (AvgIpc) is 3.14. The predicted molar refractivity (Wildman–Crippen MR) is 184 cm³/mol. The van der Waals surface area contributed by atoms with Crippen LogP contribution in [-0.2, 0) is 4.79 Å². The van der Waals surface area contributed by atoms with E-state index in [1.54, 1.807) is 52.3 Å². The number of rotatable bonds is 14. The van der Waals surface area contributed by atoms with Crippen LogP contribution in [0.1, 0.15) is 66.7 Å². The summed E-state index contributed by atoms with van der Waals surface area (Å²) in [4.78, 5) is 56.2. The van der Waals surface area contributed by atoms with Crippen LogP contribution in [0.2, 0.25) is 5.02 Å². The fourth-order valence-corrected chi connectivity index (χ4v) is 5.54. The van der Waals surface area contributed by atoms with Gasteiger partial charge < -0.3 is 20.6 Å². The van der Waals surface area contributed by atoms with E-state index in [0.717, 1.165) is 26.1 Å². The van der Waals surface area contributed by atoms with Crippen LogP contribution in [0.5, 0.6) is 0 Å². The minimum atomic E-state index is -0.482. The number of carbonyl (C=O) groups excluding carboxylic acids is 3. The molecule has 0 saturated heterocycles. The minimum Gasteiger partial charge on any atom is -0.412 e. The molecule has 0 unspecified atom stereocenters. The van der Waals surface area contributed by atoms with E-state index in [4.69, 9.17) is 11.6 Å². The lowest BCUT2D eigenvalue weighted by Gasteiger charge is -2.25. The third kappa shape index (κ3) is 9.49. The molecule has 3 aromatic rings. The number of carbonyl (C=O) groups is 3. The molecule has 0 fully saturated rings. The fraction of sp³-hybridized carbons (Fsp3) is 0.364. The molecule has 4 rings (SSSR count). The van der Waals surface area contributed by atoms with E-state index >= 15 is 0 Å². The number of anilines is 3. The summed E-state index contributed by atoms with van der Waals surface area (Å²) in [6, 6.07) is 17.8. The first kappa shape index (κ1) is 38.2. The summed E-state index contributed by atoms with van der Waals surface area (Å²) in [5.74, 6) is -0.613. The summed E-state index contributed by atoms with van der Waals surface area (Å²) in [7, 11) is 0. The van der Waals surface area contributed by atoms with E-state index in [-0.39, 0.29) is 47.7 Å². The molecule has 0 spiro atoms. The maximum absolute atomic E-state index is 13.6. The molecule has 1 aliphatic rings. The zero-order valence-corrected chi connectivity index (χ0v) is 27.6. The van der Waals surface area contributed by atoms with Gasteiger partial charge in [0.05, 0.1) is 27.5 Å². The Morgan fingerprint density at radius 2 is 1.57 bits per heavy atom. The normalized spacial score (nSPS) is 11.7. The highest BCUT2D eigenvalue weighted by Gasteiger charge is 2.29. The Morgan fingerprint density at radius 3 is 2.24 bits per heavy atom. The number of hydrogen-bond acceptors (Lipinski definition) is 6. The quantitative estimate of drug-likeness (QED) is 0.117. The maximum Gasteiger partial charge on any atom is 0.269 e. The van der Waals surface area contributed by atoms with Crippen molar-refractivity contribution in [3.8, 4) is 0 Å². The third-order valence-corrected chi connectivity index (χ3v) is 8.05. The molecule has 46 heavy (non-hydrogen) atoms. The SMILES string of the molecule is CCN(CC)CCCN(CCCCCC(=O)N1c2ccc(Cl)cc2NC(=O)c2ccccc21)C(=O)c1ccc([N+](=O)[O-])cc1.Cl.O. The molecule has 1 heterocycles. The van der Waals surface area contributed by atoms with Crippen molar-refractivity contribution in [3.63, 3.8) is 0 Å². The lowest BCUT2D eigenvalue weighted by molar-refractivity contribution is -0.384. The Hall–Kier alpha value is -4.03. The molecule has 0 atom stereocenters. The van der Waals surface area contributed by atoms with Gasteiger partial charge in [-0.3, -0.25) is 29.4 Å². The van der Waals surface area contributed by atoms with Crippen molar-refractivity contribution in [2.24, 2.45) is 0 Å². The lowest BCUT2D eigenvalue weighted by Crippen LogP contribution is -2.35. The summed E-state index contributed by atoms with van der Waals surface area (Å²) in [6.45, 7) is 8.03. The summed E-state index contributed by atoms with van der Waals surface area (Å²) in [6.07, 6.45) is 3.07. The number of nitrogens with one attached hydrogen (secondary N) is 1. The standard InChI is InChI=1S/C33H38ClN5O5.ClH.H2O/c1-3-36(4-2)20-10-22-37(33(42)24-14-17-26(18-15-24)39(43)44)21-9-5-6-13-31(40)38-29-12-8-7-11-27(29)32(41)35-28-23-25(34)16-19-30(28)38;;/h7-8,11-12,14-19,23H,3-6,9-10,13,20-22H2,1-2H3,(H,35,41);1H;1H2. The number of nitro groups is 1. The van der Waals surface area contributed by atoms with Crippen LogP contribution in [0, 0.1) is 10.1 Å². The van der Waals surface area contributed by atoms with Crippen LogP contribution < -0.4 is 10.2 Å². The molecule has 11 nitrogen and oxygen atoms in total. The Bertz CT molecular complexity index is 1500. The summed E-state index contributed by atoms with van der Waals surface area (Å²) >= 11 is 6.19. The van der Waals surface area contributed by atoms with E-state index in [1.807, 2.05) is 0 Å². The van der Waals surface area contributed by atoms with Gasteiger partial charge in [-0.25, -0.2) is 0 Å². The van der Waals surface area contributed by atoms with E-state index in [9.17, 15) is 24.5 Å². The lowest BCUT2D eigenvalue weighted by atomic mass is 10.1.